The minimum Gasteiger partial charge on any atom is -0.290 e. The molecule has 0 N–H and O–H groups in total. The Morgan fingerprint density at radius 3 is 2.29 bits per heavy atom. The molecule has 4 heteroatoms. The normalized spacial score (nSPS) is 10.2. The number of halogens is 1. The van der Waals surface area contributed by atoms with Gasteiger partial charge in [-0.15, -0.1) is 17.0 Å². The van der Waals surface area contributed by atoms with Crippen LogP contribution in [0.1, 0.15) is 16.7 Å². The van der Waals surface area contributed by atoms with Crippen LogP contribution in [-0.2, 0) is 0 Å². The van der Waals surface area contributed by atoms with Gasteiger partial charge in [-0.1, -0.05) is 23.8 Å². The largest absolute Gasteiger partial charge is 0.290 e. The second-order valence-electron chi connectivity index (χ2n) is 5.13. The molecule has 0 unspecified atom stereocenters. The second-order valence-corrected chi connectivity index (χ2v) is 5.13. The van der Waals surface area contributed by atoms with Gasteiger partial charge < -0.3 is 0 Å². The van der Waals surface area contributed by atoms with Gasteiger partial charge in [-0.05, 0) is 44.0 Å². The molecule has 0 saturated heterocycles. The average Bonchev–Trinajstić information content (AvgIpc) is 2.88. The molecule has 0 spiro atoms. The van der Waals surface area contributed by atoms with Gasteiger partial charge in [-0.25, -0.2) is 9.97 Å². The summed E-state index contributed by atoms with van der Waals surface area (Å²) in [5, 5.41) is 0. The number of nitrogens with zero attached hydrogens (tertiary/aromatic N) is 3. The van der Waals surface area contributed by atoms with E-state index in [4.69, 9.17) is 0 Å². The Labute approximate surface area is 135 Å². The number of aryl methyl sites for hydroxylation is 3. The van der Waals surface area contributed by atoms with Gasteiger partial charge in [0.15, 0.2) is 0 Å². The molecule has 108 valence electrons. The van der Waals surface area contributed by atoms with E-state index in [0.717, 1.165) is 11.5 Å². The lowest BCUT2D eigenvalue weighted by Crippen LogP contribution is -1.93. The molecule has 2 heterocycles. The highest BCUT2D eigenvalue weighted by Gasteiger charge is 2.10. The number of hydrogen-bond donors (Lipinski definition) is 0. The summed E-state index contributed by atoms with van der Waals surface area (Å²) in [6, 6.07) is 10.3. The molecule has 0 radical (unpaired) electrons. The molecule has 3 rings (SSSR count). The molecule has 21 heavy (non-hydrogen) atoms. The van der Waals surface area contributed by atoms with E-state index in [1.807, 2.05) is 35.3 Å². The molecule has 0 aliphatic heterocycles. The van der Waals surface area contributed by atoms with Crippen molar-refractivity contribution >= 4 is 17.0 Å². The lowest BCUT2D eigenvalue weighted by molar-refractivity contribution is 0.993. The predicted octanol–water partition coefficient (Wildman–Crippen LogP) is 4.44. The Morgan fingerprint density at radius 2 is 1.67 bits per heavy atom. The lowest BCUT2D eigenvalue weighted by atomic mass is 9.98. The fraction of sp³-hybridized carbons (Fsp3) is 0.176. The molecule has 2 aromatic heterocycles. The van der Waals surface area contributed by atoms with Crippen molar-refractivity contribution in [3.05, 3.63) is 65.7 Å². The van der Waals surface area contributed by atoms with E-state index < -0.39 is 0 Å². The Hall–Kier alpha value is -1.94. The molecule has 3 nitrogen and oxygen atoms in total. The van der Waals surface area contributed by atoms with Crippen LogP contribution in [0.2, 0.25) is 0 Å². The summed E-state index contributed by atoms with van der Waals surface area (Å²) >= 11 is 0. The van der Waals surface area contributed by atoms with E-state index in [9.17, 15) is 0 Å². The van der Waals surface area contributed by atoms with Gasteiger partial charge in [-0.2, -0.15) is 0 Å². The fourth-order valence-corrected chi connectivity index (χ4v) is 2.67. The summed E-state index contributed by atoms with van der Waals surface area (Å²) in [6.45, 7) is 6.39. The van der Waals surface area contributed by atoms with E-state index in [2.05, 4.69) is 42.9 Å². The number of benzene rings is 1. The SMILES string of the molecule is Br.Cc1cc(C)c(-c2cn(-c3ccccn3)cn2)c(C)c1. The van der Waals surface area contributed by atoms with E-state index in [1.165, 1.54) is 22.3 Å². The third-order valence-corrected chi connectivity index (χ3v) is 3.43. The van der Waals surface area contributed by atoms with Crippen molar-refractivity contribution in [3.8, 4) is 17.1 Å². The first-order valence-corrected chi connectivity index (χ1v) is 6.69. The first-order valence-electron chi connectivity index (χ1n) is 6.69. The minimum absolute atomic E-state index is 0. The van der Waals surface area contributed by atoms with Crippen molar-refractivity contribution in [2.75, 3.05) is 0 Å². The molecular weight excluding hydrogens is 326 g/mol. The number of pyridine rings is 1. The van der Waals surface area contributed by atoms with Crippen molar-refractivity contribution in [1.82, 2.24) is 14.5 Å². The van der Waals surface area contributed by atoms with Crippen molar-refractivity contribution in [3.63, 3.8) is 0 Å². The van der Waals surface area contributed by atoms with Crippen LogP contribution in [0, 0.1) is 20.8 Å². The monoisotopic (exact) mass is 343 g/mol. The van der Waals surface area contributed by atoms with Crippen molar-refractivity contribution < 1.29 is 0 Å². The smallest absolute Gasteiger partial charge is 0.137 e. The Balaban J connectivity index is 0.00000161. The highest BCUT2D eigenvalue weighted by atomic mass is 79.9. The molecule has 0 bridgehead atoms. The van der Waals surface area contributed by atoms with E-state index in [-0.39, 0.29) is 17.0 Å². The maximum atomic E-state index is 4.54. The van der Waals surface area contributed by atoms with Gasteiger partial charge in [0.1, 0.15) is 12.1 Å². The van der Waals surface area contributed by atoms with Crippen LogP contribution in [0.3, 0.4) is 0 Å². The van der Waals surface area contributed by atoms with Gasteiger partial charge in [0, 0.05) is 18.0 Å². The molecule has 0 fully saturated rings. The maximum Gasteiger partial charge on any atom is 0.137 e. The molecular formula is C17H18BrN3. The number of hydrogen-bond acceptors (Lipinski definition) is 2. The summed E-state index contributed by atoms with van der Waals surface area (Å²) < 4.78 is 1.95. The van der Waals surface area contributed by atoms with E-state index in [1.54, 1.807) is 6.20 Å². The van der Waals surface area contributed by atoms with Crippen LogP contribution in [0.5, 0.6) is 0 Å². The summed E-state index contributed by atoms with van der Waals surface area (Å²) in [6.07, 6.45) is 5.64. The quantitative estimate of drug-likeness (QED) is 0.688. The topological polar surface area (TPSA) is 30.7 Å². The van der Waals surface area contributed by atoms with Crippen LogP contribution in [0.15, 0.2) is 49.1 Å². The van der Waals surface area contributed by atoms with Gasteiger partial charge >= 0.3 is 0 Å². The molecule has 0 saturated carbocycles. The number of aromatic nitrogens is 3. The van der Waals surface area contributed by atoms with Crippen molar-refractivity contribution in [1.29, 1.82) is 0 Å². The number of imidazole rings is 1. The van der Waals surface area contributed by atoms with Crippen LogP contribution in [0.4, 0.5) is 0 Å². The molecule has 3 aromatic rings. The van der Waals surface area contributed by atoms with Gasteiger partial charge in [0.05, 0.1) is 5.69 Å². The van der Waals surface area contributed by atoms with Crippen molar-refractivity contribution in [2.45, 2.75) is 20.8 Å². The van der Waals surface area contributed by atoms with Crippen LogP contribution >= 0.6 is 17.0 Å². The highest BCUT2D eigenvalue weighted by molar-refractivity contribution is 8.93. The Kier molecular flexibility index (Phi) is 4.58. The third kappa shape index (κ3) is 3.05. The Bertz CT molecular complexity index is 725. The molecule has 0 amide bonds. The standard InChI is InChI=1S/C17H17N3.BrH/c1-12-8-13(2)17(14(3)9-12)15-10-20(11-19-15)16-6-4-5-7-18-16;/h4-11H,1-3H3;1H. The molecule has 0 aliphatic carbocycles. The van der Waals surface area contributed by atoms with Gasteiger partial charge in [0.2, 0.25) is 0 Å². The maximum absolute atomic E-state index is 4.54. The van der Waals surface area contributed by atoms with Gasteiger partial charge in [0.25, 0.3) is 0 Å². The van der Waals surface area contributed by atoms with Gasteiger partial charge in [-0.3, -0.25) is 4.57 Å². The summed E-state index contributed by atoms with van der Waals surface area (Å²) in [5.41, 5.74) is 6.01. The zero-order chi connectivity index (χ0) is 14.1. The zero-order valence-electron chi connectivity index (χ0n) is 12.4. The highest BCUT2D eigenvalue weighted by Crippen LogP contribution is 2.27. The second kappa shape index (κ2) is 6.22. The minimum atomic E-state index is 0. The van der Waals surface area contributed by atoms with Crippen molar-refractivity contribution in [2.24, 2.45) is 0 Å². The third-order valence-electron chi connectivity index (χ3n) is 3.43. The molecule has 0 aliphatic rings. The Morgan fingerprint density at radius 1 is 0.952 bits per heavy atom. The lowest BCUT2D eigenvalue weighted by Gasteiger charge is -2.08. The average molecular weight is 344 g/mol. The van der Waals surface area contributed by atoms with E-state index >= 15 is 0 Å². The summed E-state index contributed by atoms with van der Waals surface area (Å²) in [7, 11) is 0. The first kappa shape index (κ1) is 15.4. The number of rotatable bonds is 2. The molecule has 0 atom stereocenters. The van der Waals surface area contributed by atoms with Crippen LogP contribution in [0.25, 0.3) is 17.1 Å². The first-order chi connectivity index (χ1) is 9.65. The zero-order valence-corrected chi connectivity index (χ0v) is 14.1. The summed E-state index contributed by atoms with van der Waals surface area (Å²) in [5.74, 6) is 0.883. The van der Waals surface area contributed by atoms with Crippen LogP contribution < -0.4 is 0 Å². The fourth-order valence-electron chi connectivity index (χ4n) is 2.67. The molecule has 1 aromatic carbocycles. The summed E-state index contributed by atoms with van der Waals surface area (Å²) in [4.78, 5) is 8.88. The van der Waals surface area contributed by atoms with E-state index in [0.29, 0.717) is 0 Å². The predicted molar refractivity (Wildman–Crippen MR) is 91.3 cm³/mol. The van der Waals surface area contributed by atoms with Crippen LogP contribution in [-0.4, -0.2) is 14.5 Å².